The van der Waals surface area contributed by atoms with Crippen LogP contribution < -0.4 is 16.0 Å². The monoisotopic (exact) mass is 875 g/mol. The van der Waals surface area contributed by atoms with E-state index in [1.54, 1.807) is 0 Å². The Bertz CT molecular complexity index is 2380. The number of H-pyrrole nitrogens is 3. The molecule has 3 aliphatic rings. The van der Waals surface area contributed by atoms with Gasteiger partial charge in [-0.1, -0.05) is 105 Å². The summed E-state index contributed by atoms with van der Waals surface area (Å²) in [4.78, 5) is 52.6. The van der Waals surface area contributed by atoms with E-state index in [0.717, 1.165) is 87.2 Å². The number of ketones is 1. The van der Waals surface area contributed by atoms with Gasteiger partial charge in [0.1, 0.15) is 12.5 Å². The lowest BCUT2D eigenvalue weighted by Crippen LogP contribution is -2.28. The zero-order valence-electron chi connectivity index (χ0n) is 41.0. The Kier molecular flexibility index (Phi) is 16.3. The Morgan fingerprint density at radius 2 is 1.58 bits per heavy atom. The molecule has 8 bridgehead atoms. The number of allylic oxidation sites excluding steroid dienone is 2. The molecule has 1 fully saturated rings. The van der Waals surface area contributed by atoms with E-state index in [9.17, 15) is 14.4 Å². The van der Waals surface area contributed by atoms with Crippen molar-refractivity contribution in [2.75, 3.05) is 13.7 Å². The van der Waals surface area contributed by atoms with Crippen LogP contribution in [0.1, 0.15) is 180 Å². The number of fused-ring (bicyclic) bond motifs is 7. The van der Waals surface area contributed by atoms with Gasteiger partial charge in [0.2, 0.25) is 0 Å². The Labute approximate surface area is 383 Å². The summed E-state index contributed by atoms with van der Waals surface area (Å²) < 4.78 is 11.1. The van der Waals surface area contributed by atoms with Crippen molar-refractivity contribution in [2.24, 2.45) is 35.5 Å². The summed E-state index contributed by atoms with van der Waals surface area (Å²) in [6, 6.07) is -0.172. The number of carbonyl (C=O) groups excluding carboxylic acids is 3. The quantitative estimate of drug-likeness (QED) is 0.0508. The molecule has 0 radical (unpaired) electrons. The second kappa shape index (κ2) is 21.5. The zero-order chi connectivity index (χ0) is 46.4. The van der Waals surface area contributed by atoms with E-state index in [2.05, 4.69) is 107 Å². The lowest BCUT2D eigenvalue weighted by atomic mass is 9.83. The van der Waals surface area contributed by atoms with Crippen LogP contribution in [-0.2, 0) is 31.9 Å². The van der Waals surface area contributed by atoms with Crippen molar-refractivity contribution in [3.8, 4) is 0 Å². The molecule has 64 heavy (non-hydrogen) atoms. The first-order valence-corrected chi connectivity index (χ1v) is 24.5. The molecule has 9 heteroatoms. The summed E-state index contributed by atoms with van der Waals surface area (Å²) in [5.41, 5.74) is 12.3. The number of hydrogen-bond donors (Lipinski definition) is 4. The van der Waals surface area contributed by atoms with Crippen LogP contribution in [0.5, 0.6) is 0 Å². The molecule has 1 aliphatic carbocycles. The largest absolute Gasteiger partial charge is 0.468 e. The van der Waals surface area contributed by atoms with Crippen LogP contribution in [0.2, 0.25) is 0 Å². The van der Waals surface area contributed by atoms with Gasteiger partial charge in [0.15, 0.2) is 5.78 Å². The lowest BCUT2D eigenvalue weighted by Gasteiger charge is -2.20. The number of nitrogens with one attached hydrogen (secondary N) is 4. The predicted octanol–water partition coefficient (Wildman–Crippen LogP) is 10.6. The van der Waals surface area contributed by atoms with Gasteiger partial charge in [-0.05, 0) is 118 Å². The van der Waals surface area contributed by atoms with Crippen LogP contribution in [0, 0.1) is 56.3 Å². The molecule has 348 valence electrons. The van der Waals surface area contributed by atoms with Gasteiger partial charge in [0.25, 0.3) is 0 Å². The molecule has 0 amide bonds. The second-order valence-electron chi connectivity index (χ2n) is 20.0. The molecule has 6 rings (SSSR count). The molecule has 6 atom stereocenters. The normalized spacial score (nSPS) is 22.4. The number of esters is 2. The van der Waals surface area contributed by atoms with Crippen LogP contribution in [0.3, 0.4) is 0 Å². The summed E-state index contributed by atoms with van der Waals surface area (Å²) in [6.45, 7) is 26.6. The number of ether oxygens (including phenoxy) is 2. The molecule has 0 spiro atoms. The van der Waals surface area contributed by atoms with Crippen molar-refractivity contribution in [3.05, 3.63) is 90.8 Å². The van der Waals surface area contributed by atoms with E-state index in [4.69, 9.17) is 9.47 Å². The van der Waals surface area contributed by atoms with Gasteiger partial charge in [-0.2, -0.15) is 0 Å². The van der Waals surface area contributed by atoms with Crippen LogP contribution in [0.15, 0.2) is 23.9 Å². The highest BCUT2D eigenvalue weighted by atomic mass is 16.5. The van der Waals surface area contributed by atoms with Crippen LogP contribution in [-0.4, -0.2) is 52.4 Å². The molecular formula is C55H78N4O5. The van der Waals surface area contributed by atoms with E-state index in [1.807, 2.05) is 13.0 Å². The van der Waals surface area contributed by atoms with Crippen LogP contribution >= 0.6 is 0 Å². The van der Waals surface area contributed by atoms with Gasteiger partial charge < -0.3 is 29.7 Å². The molecular weight excluding hydrogens is 797 g/mol. The van der Waals surface area contributed by atoms with E-state index in [0.29, 0.717) is 29.7 Å². The minimum Gasteiger partial charge on any atom is -0.468 e. The summed E-state index contributed by atoms with van der Waals surface area (Å²) in [6.07, 6.45) is 21.8. The van der Waals surface area contributed by atoms with Crippen molar-refractivity contribution in [2.45, 2.75) is 159 Å². The maximum Gasteiger partial charge on any atom is 0.321 e. The van der Waals surface area contributed by atoms with Crippen molar-refractivity contribution in [1.29, 1.82) is 0 Å². The molecule has 1 unspecified atom stereocenters. The first kappa shape index (κ1) is 48.7. The third-order valence-corrected chi connectivity index (χ3v) is 14.9. The standard InChI is InChI=1S/C55H78N4O5/c1-13-39-35(8)42-28-44-37(10)41(24-25-48(60)64-27-26-34(7)23-17-22-33(6)21-16-20-32(5)19-15-18-31(3)4)52(58-44)50-51(55(62)63-12)54(61)49-38(11)45(59-53(49)50)30-47-40(14-2)36(9)43(57-47)29-46(39)56-42/h13,26,28-29,31-33,37,41,44,51,56-59H,1,14-25,27,30H2,2-12H3/b34-26+,42-28-,46-29-,52-50-/t32-,33-,37+,41+,44?,51-/m1/s1. The van der Waals surface area contributed by atoms with E-state index < -0.39 is 11.9 Å². The Morgan fingerprint density at radius 3 is 2.23 bits per heavy atom. The van der Waals surface area contributed by atoms with Crippen molar-refractivity contribution in [3.63, 3.8) is 0 Å². The van der Waals surface area contributed by atoms with Crippen LogP contribution in [0.25, 0.3) is 23.8 Å². The topological polar surface area (TPSA) is 129 Å². The van der Waals surface area contributed by atoms with Gasteiger partial charge in [0, 0.05) is 75.0 Å². The maximum atomic E-state index is 14.4. The average Bonchev–Trinajstić information content (AvgIpc) is 3.99. The molecule has 3 aromatic rings. The summed E-state index contributed by atoms with van der Waals surface area (Å²) in [5.74, 6) is -0.0395. The zero-order valence-corrected chi connectivity index (χ0v) is 41.0. The molecule has 1 saturated heterocycles. The number of aromatic amines is 3. The van der Waals surface area contributed by atoms with Gasteiger partial charge in [-0.15, -0.1) is 0 Å². The number of carbonyl (C=O) groups is 3. The minimum atomic E-state index is -1.11. The van der Waals surface area contributed by atoms with Gasteiger partial charge in [-0.3, -0.25) is 14.4 Å². The van der Waals surface area contributed by atoms with E-state index in [1.165, 1.54) is 68.8 Å². The minimum absolute atomic E-state index is 0.00354. The lowest BCUT2D eigenvalue weighted by molar-refractivity contribution is -0.143. The molecule has 9 nitrogen and oxygen atoms in total. The molecule has 4 N–H and O–H groups in total. The van der Waals surface area contributed by atoms with Gasteiger partial charge >= 0.3 is 11.9 Å². The first-order chi connectivity index (χ1) is 30.6. The predicted molar refractivity (Wildman–Crippen MR) is 261 cm³/mol. The summed E-state index contributed by atoms with van der Waals surface area (Å²) >= 11 is 0. The summed E-state index contributed by atoms with van der Waals surface area (Å²) in [7, 11) is 1.34. The van der Waals surface area contributed by atoms with Gasteiger partial charge in [-0.25, -0.2) is 0 Å². The Morgan fingerprint density at radius 1 is 0.891 bits per heavy atom. The highest BCUT2D eigenvalue weighted by Gasteiger charge is 2.49. The number of rotatable bonds is 20. The van der Waals surface area contributed by atoms with Crippen molar-refractivity contribution >= 4 is 41.5 Å². The van der Waals surface area contributed by atoms with Crippen molar-refractivity contribution in [1.82, 2.24) is 20.3 Å². The molecule has 0 saturated carbocycles. The molecule has 3 aromatic heterocycles. The third kappa shape index (κ3) is 10.7. The average molecular weight is 875 g/mol. The second-order valence-corrected chi connectivity index (χ2v) is 20.0. The number of Topliss-reactive ketones (excluding diaryl/α,β-unsaturated/α-hetero) is 1. The SMILES string of the molecule is C=Cc1c(C)/c2[nH]/c1=C\c1[nH]c(c(CC)c1C)Cc1[nH]c3c(c1C)C(=O)[C@H](C(=O)OC)/C3=C1/NC(\C=2)[C@@H](C)[C@@H]1CCC(=O)OC/C=C(\C)CCC[C@H](C)CCC[C@H](C)CCCC(C)C. The molecule has 5 heterocycles. The number of hydrogen-bond acceptors (Lipinski definition) is 6. The smallest absolute Gasteiger partial charge is 0.321 e. The van der Waals surface area contributed by atoms with Crippen LogP contribution in [0.4, 0.5) is 0 Å². The fraction of sp³-hybridized carbons (Fsp3) is 0.582. The summed E-state index contributed by atoms with van der Waals surface area (Å²) in [5, 5.41) is 5.75. The Balaban J connectivity index is 1.20. The van der Waals surface area contributed by atoms with E-state index >= 15 is 0 Å². The van der Waals surface area contributed by atoms with Crippen molar-refractivity contribution < 1.29 is 23.9 Å². The fourth-order valence-electron chi connectivity index (χ4n) is 10.8. The highest BCUT2D eigenvalue weighted by molar-refractivity contribution is 6.24. The third-order valence-electron chi connectivity index (χ3n) is 14.9. The first-order valence-electron chi connectivity index (χ1n) is 24.5. The number of aromatic nitrogens is 3. The molecule has 0 aromatic carbocycles. The Hall–Kier alpha value is -4.79. The number of methoxy groups -OCH3 is 1. The van der Waals surface area contributed by atoms with E-state index in [-0.39, 0.29) is 42.7 Å². The maximum absolute atomic E-state index is 14.4. The van der Waals surface area contributed by atoms with Gasteiger partial charge in [0.05, 0.1) is 12.8 Å². The fourth-order valence-corrected chi connectivity index (χ4v) is 10.8. The highest BCUT2D eigenvalue weighted by Crippen LogP contribution is 2.47. The molecule has 2 aliphatic heterocycles.